The molecule has 0 aliphatic carbocycles. The van der Waals surface area contributed by atoms with E-state index >= 15 is 0 Å². The van der Waals surface area contributed by atoms with Gasteiger partial charge in [-0.05, 0) is 43.9 Å². The number of carbonyl (C=O) groups is 3. The Balaban J connectivity index is 1.38. The molecule has 1 N–H and O–H groups in total. The zero-order valence-electron chi connectivity index (χ0n) is 14.5. The number of benzene rings is 1. The van der Waals surface area contributed by atoms with Crippen LogP contribution in [0, 0.1) is 5.92 Å². The van der Waals surface area contributed by atoms with Crippen LogP contribution in [0.15, 0.2) is 18.2 Å². The number of ether oxygens (including phenoxy) is 2. The molecule has 26 heavy (non-hydrogen) atoms. The summed E-state index contributed by atoms with van der Waals surface area (Å²) in [6.45, 7) is 1.82. The van der Waals surface area contributed by atoms with E-state index in [0.717, 1.165) is 12.8 Å². The van der Waals surface area contributed by atoms with Crippen LogP contribution < -0.4 is 10.1 Å². The van der Waals surface area contributed by atoms with Crippen LogP contribution in [-0.2, 0) is 14.3 Å². The van der Waals surface area contributed by atoms with Crippen LogP contribution >= 0.6 is 0 Å². The van der Waals surface area contributed by atoms with Crippen LogP contribution in [-0.4, -0.2) is 54.9 Å². The third-order valence-electron chi connectivity index (χ3n) is 5.28. The summed E-state index contributed by atoms with van der Waals surface area (Å²) in [5.74, 6) is 0.363. The molecule has 138 valence electrons. The predicted molar refractivity (Wildman–Crippen MR) is 93.2 cm³/mol. The minimum absolute atomic E-state index is 0.00249. The van der Waals surface area contributed by atoms with Gasteiger partial charge in [-0.1, -0.05) is 0 Å². The van der Waals surface area contributed by atoms with E-state index in [0.29, 0.717) is 49.5 Å². The summed E-state index contributed by atoms with van der Waals surface area (Å²) in [7, 11) is 0. The number of piperidine rings is 1. The molecule has 1 aromatic carbocycles. The van der Waals surface area contributed by atoms with Crippen molar-refractivity contribution in [1.29, 1.82) is 0 Å². The number of rotatable bonds is 3. The smallest absolute Gasteiger partial charge is 0.262 e. The van der Waals surface area contributed by atoms with Crippen molar-refractivity contribution in [1.82, 2.24) is 4.90 Å². The Labute approximate surface area is 151 Å². The van der Waals surface area contributed by atoms with Crippen LogP contribution in [0.2, 0.25) is 0 Å². The zero-order chi connectivity index (χ0) is 18.1. The fraction of sp³-hybridized carbons (Fsp3) is 0.526. The van der Waals surface area contributed by atoms with Gasteiger partial charge in [0.05, 0.1) is 5.69 Å². The largest absolute Gasteiger partial charge is 0.482 e. The maximum absolute atomic E-state index is 12.8. The number of hydrogen-bond acceptors (Lipinski definition) is 5. The van der Waals surface area contributed by atoms with Gasteiger partial charge in [-0.3, -0.25) is 14.4 Å². The standard InChI is InChI=1S/C19H22N2O5/c22-17-11-26-15-4-3-13(10-14(15)20-17)18(23)12-5-7-21(8-6-12)19(24)16-2-1-9-25-16/h3-4,10,12,16H,1-2,5-9,11H2,(H,20,22)/t16-/m0/s1. The van der Waals surface area contributed by atoms with Crippen LogP contribution in [0.5, 0.6) is 5.75 Å². The monoisotopic (exact) mass is 358 g/mol. The summed E-state index contributed by atoms with van der Waals surface area (Å²) in [4.78, 5) is 38.5. The van der Waals surface area contributed by atoms with E-state index in [4.69, 9.17) is 9.47 Å². The summed E-state index contributed by atoms with van der Waals surface area (Å²) in [5.41, 5.74) is 1.11. The summed E-state index contributed by atoms with van der Waals surface area (Å²) in [6, 6.07) is 5.14. The Bertz CT molecular complexity index is 733. The van der Waals surface area contributed by atoms with Gasteiger partial charge in [0, 0.05) is 31.2 Å². The second-order valence-corrected chi connectivity index (χ2v) is 7.01. The fourth-order valence-corrected chi connectivity index (χ4v) is 3.81. The topological polar surface area (TPSA) is 84.9 Å². The molecule has 3 aliphatic heterocycles. The maximum atomic E-state index is 12.8. The van der Waals surface area contributed by atoms with Gasteiger partial charge in [-0.2, -0.15) is 0 Å². The average Bonchev–Trinajstić information content (AvgIpc) is 3.21. The van der Waals surface area contributed by atoms with Crippen LogP contribution in [0.3, 0.4) is 0 Å². The highest BCUT2D eigenvalue weighted by Crippen LogP contribution is 2.31. The van der Waals surface area contributed by atoms with Crippen molar-refractivity contribution in [2.75, 3.05) is 31.6 Å². The van der Waals surface area contributed by atoms with Crippen molar-refractivity contribution < 1.29 is 23.9 Å². The molecular weight excluding hydrogens is 336 g/mol. The van der Waals surface area contributed by atoms with Crippen LogP contribution in [0.4, 0.5) is 5.69 Å². The molecule has 2 saturated heterocycles. The molecule has 0 aromatic heterocycles. The predicted octanol–water partition coefficient (Wildman–Crippen LogP) is 1.62. The number of ketones is 1. The Hall–Kier alpha value is -2.41. The van der Waals surface area contributed by atoms with Crippen molar-refractivity contribution >= 4 is 23.3 Å². The molecule has 1 aromatic rings. The molecule has 0 saturated carbocycles. The molecule has 4 rings (SSSR count). The lowest BCUT2D eigenvalue weighted by molar-refractivity contribution is -0.142. The maximum Gasteiger partial charge on any atom is 0.262 e. The molecule has 7 nitrogen and oxygen atoms in total. The fourth-order valence-electron chi connectivity index (χ4n) is 3.81. The average molecular weight is 358 g/mol. The van der Waals surface area contributed by atoms with Gasteiger partial charge in [0.1, 0.15) is 11.9 Å². The third-order valence-corrected chi connectivity index (χ3v) is 5.28. The summed E-state index contributed by atoms with van der Waals surface area (Å²) in [6.07, 6.45) is 2.73. The first-order valence-electron chi connectivity index (χ1n) is 9.13. The van der Waals surface area contributed by atoms with Crippen molar-refractivity contribution in [2.24, 2.45) is 5.92 Å². The van der Waals surface area contributed by atoms with Crippen molar-refractivity contribution in [3.05, 3.63) is 23.8 Å². The van der Waals surface area contributed by atoms with E-state index in [9.17, 15) is 14.4 Å². The molecule has 3 aliphatic rings. The second-order valence-electron chi connectivity index (χ2n) is 7.01. The number of amides is 2. The quantitative estimate of drug-likeness (QED) is 0.830. The lowest BCUT2D eigenvalue weighted by Gasteiger charge is -2.32. The third kappa shape index (κ3) is 3.31. The summed E-state index contributed by atoms with van der Waals surface area (Å²) >= 11 is 0. The number of anilines is 1. The molecule has 0 bridgehead atoms. The first-order chi connectivity index (χ1) is 12.6. The van der Waals surface area contributed by atoms with E-state index in [1.807, 2.05) is 4.90 Å². The minimum atomic E-state index is -0.300. The highest BCUT2D eigenvalue weighted by atomic mass is 16.5. The van der Waals surface area contributed by atoms with Gasteiger partial charge >= 0.3 is 0 Å². The van der Waals surface area contributed by atoms with E-state index in [-0.39, 0.29) is 36.2 Å². The Morgan fingerprint density at radius 1 is 1.15 bits per heavy atom. The summed E-state index contributed by atoms with van der Waals surface area (Å²) in [5, 5.41) is 2.73. The number of nitrogens with one attached hydrogen (secondary N) is 1. The van der Waals surface area contributed by atoms with Crippen molar-refractivity contribution in [3.8, 4) is 5.75 Å². The number of Topliss-reactive ketones (excluding diaryl/α,β-unsaturated/α-hetero) is 1. The van der Waals surface area contributed by atoms with Gasteiger partial charge in [0.15, 0.2) is 12.4 Å². The number of fused-ring (bicyclic) bond motifs is 1. The van der Waals surface area contributed by atoms with Crippen molar-refractivity contribution in [2.45, 2.75) is 31.8 Å². The van der Waals surface area contributed by atoms with Gasteiger partial charge in [-0.15, -0.1) is 0 Å². The lowest BCUT2D eigenvalue weighted by atomic mass is 9.88. The Morgan fingerprint density at radius 3 is 2.69 bits per heavy atom. The Kier molecular flexibility index (Phi) is 4.63. The molecule has 0 radical (unpaired) electrons. The van der Waals surface area contributed by atoms with Crippen molar-refractivity contribution in [3.63, 3.8) is 0 Å². The molecule has 2 amide bonds. The van der Waals surface area contributed by atoms with Crippen LogP contribution in [0.1, 0.15) is 36.0 Å². The number of hydrogen-bond donors (Lipinski definition) is 1. The first-order valence-corrected chi connectivity index (χ1v) is 9.13. The molecule has 7 heteroatoms. The summed E-state index contributed by atoms with van der Waals surface area (Å²) < 4.78 is 10.8. The molecule has 0 spiro atoms. The Morgan fingerprint density at radius 2 is 1.96 bits per heavy atom. The number of nitrogens with zero attached hydrogens (tertiary/aromatic N) is 1. The normalized spacial score (nSPS) is 23.2. The molecule has 3 heterocycles. The lowest BCUT2D eigenvalue weighted by Crippen LogP contribution is -2.44. The highest BCUT2D eigenvalue weighted by molar-refractivity contribution is 6.01. The SMILES string of the molecule is O=C1COc2ccc(C(=O)C3CCN(C(=O)[C@@H]4CCCO4)CC3)cc2N1. The van der Waals surface area contributed by atoms with E-state index in [1.54, 1.807) is 18.2 Å². The molecular formula is C19H22N2O5. The number of likely N-dealkylation sites (tertiary alicyclic amines) is 1. The van der Waals surface area contributed by atoms with Gasteiger partial charge in [0.2, 0.25) is 0 Å². The molecule has 0 unspecified atom stereocenters. The number of carbonyl (C=O) groups excluding carboxylic acids is 3. The van der Waals surface area contributed by atoms with E-state index in [2.05, 4.69) is 5.32 Å². The van der Waals surface area contributed by atoms with Gasteiger partial charge in [0.25, 0.3) is 11.8 Å². The first kappa shape index (κ1) is 17.0. The minimum Gasteiger partial charge on any atom is -0.482 e. The van der Waals surface area contributed by atoms with E-state index in [1.165, 1.54) is 0 Å². The zero-order valence-corrected chi connectivity index (χ0v) is 14.5. The van der Waals surface area contributed by atoms with Crippen LogP contribution in [0.25, 0.3) is 0 Å². The van der Waals surface area contributed by atoms with E-state index < -0.39 is 0 Å². The second kappa shape index (κ2) is 7.07. The molecule has 1 atom stereocenters. The van der Waals surface area contributed by atoms with Gasteiger partial charge < -0.3 is 19.7 Å². The highest BCUT2D eigenvalue weighted by Gasteiger charge is 2.33. The molecule has 2 fully saturated rings. The van der Waals surface area contributed by atoms with Gasteiger partial charge in [-0.25, -0.2) is 0 Å².